The Balaban J connectivity index is 2.87. The van der Waals surface area contributed by atoms with Crippen molar-refractivity contribution in [2.75, 3.05) is 45.4 Å². The molecule has 4 nitrogen and oxygen atoms in total. The molecule has 0 bridgehead atoms. The molecule has 0 saturated carbocycles. The first-order chi connectivity index (χ1) is 10.1. The molecule has 0 heterocycles. The summed E-state index contributed by atoms with van der Waals surface area (Å²) in [5, 5.41) is 3.42. The van der Waals surface area contributed by atoms with Crippen molar-refractivity contribution in [1.29, 1.82) is 0 Å². The van der Waals surface area contributed by atoms with Gasteiger partial charge >= 0.3 is 0 Å². The number of benzene rings is 1. The van der Waals surface area contributed by atoms with Gasteiger partial charge in [0.25, 0.3) is 0 Å². The zero-order valence-corrected chi connectivity index (χ0v) is 15.1. The molecule has 120 valence electrons. The molecule has 0 amide bonds. The van der Waals surface area contributed by atoms with Gasteiger partial charge in [-0.15, -0.1) is 0 Å². The van der Waals surface area contributed by atoms with Gasteiger partial charge in [0.2, 0.25) is 0 Å². The Bertz CT molecular complexity index is 415. The average Bonchev–Trinajstić information content (AvgIpc) is 2.46. The first kappa shape index (κ1) is 18.4. The summed E-state index contributed by atoms with van der Waals surface area (Å²) in [4.78, 5) is 2.38. The maximum Gasteiger partial charge on any atom is 0.0663 e. The molecule has 0 aliphatic rings. The smallest absolute Gasteiger partial charge is 0.0663 e. The SMILES string of the molecule is CCN(c1ccc(Br)cc1CNCCOC)C(C)COC. The van der Waals surface area contributed by atoms with Crippen LogP contribution < -0.4 is 10.2 Å². The molecule has 0 radical (unpaired) electrons. The maximum absolute atomic E-state index is 5.30. The van der Waals surface area contributed by atoms with E-state index < -0.39 is 0 Å². The van der Waals surface area contributed by atoms with E-state index in [9.17, 15) is 0 Å². The summed E-state index contributed by atoms with van der Waals surface area (Å²) >= 11 is 3.56. The van der Waals surface area contributed by atoms with Crippen molar-refractivity contribution < 1.29 is 9.47 Å². The Labute approximate surface area is 136 Å². The summed E-state index contributed by atoms with van der Waals surface area (Å²) < 4.78 is 11.5. The number of methoxy groups -OCH3 is 2. The topological polar surface area (TPSA) is 33.7 Å². The third-order valence-electron chi connectivity index (χ3n) is 3.43. The second-order valence-electron chi connectivity index (χ2n) is 5.03. The van der Waals surface area contributed by atoms with Crippen molar-refractivity contribution in [3.8, 4) is 0 Å². The second-order valence-corrected chi connectivity index (χ2v) is 5.95. The fourth-order valence-electron chi connectivity index (χ4n) is 2.42. The Morgan fingerprint density at radius 1 is 1.29 bits per heavy atom. The van der Waals surface area contributed by atoms with Gasteiger partial charge in [-0.1, -0.05) is 15.9 Å². The molecule has 1 aromatic rings. The minimum Gasteiger partial charge on any atom is -0.383 e. The third-order valence-corrected chi connectivity index (χ3v) is 3.92. The summed E-state index contributed by atoms with van der Waals surface area (Å²) in [5.41, 5.74) is 2.54. The van der Waals surface area contributed by atoms with Crippen LogP contribution in [0, 0.1) is 0 Å². The maximum atomic E-state index is 5.30. The van der Waals surface area contributed by atoms with Crippen LogP contribution in [-0.2, 0) is 16.0 Å². The lowest BCUT2D eigenvalue weighted by Gasteiger charge is -2.31. The standard InChI is InChI=1S/C16H27BrN2O2/c1-5-19(13(2)12-21-4)16-7-6-15(17)10-14(16)11-18-8-9-20-3/h6-7,10,13,18H,5,8-9,11-12H2,1-4H3. The van der Waals surface area contributed by atoms with Crippen LogP contribution >= 0.6 is 15.9 Å². The summed E-state index contributed by atoms with van der Waals surface area (Å²) in [6.45, 7) is 8.45. The summed E-state index contributed by atoms with van der Waals surface area (Å²) in [5.74, 6) is 0. The van der Waals surface area contributed by atoms with E-state index in [2.05, 4.69) is 58.2 Å². The lowest BCUT2D eigenvalue weighted by Crippen LogP contribution is -2.37. The molecular weight excluding hydrogens is 332 g/mol. The van der Waals surface area contributed by atoms with Gasteiger partial charge in [-0.05, 0) is 37.6 Å². The van der Waals surface area contributed by atoms with Crippen LogP contribution in [0.4, 0.5) is 5.69 Å². The van der Waals surface area contributed by atoms with Gasteiger partial charge in [0.05, 0.1) is 13.2 Å². The molecular formula is C16H27BrN2O2. The molecule has 0 aromatic heterocycles. The molecule has 21 heavy (non-hydrogen) atoms. The summed E-state index contributed by atoms with van der Waals surface area (Å²) in [7, 11) is 3.47. The molecule has 1 atom stereocenters. The summed E-state index contributed by atoms with van der Waals surface area (Å²) in [6, 6.07) is 6.79. The van der Waals surface area contributed by atoms with Gasteiger partial charge < -0.3 is 19.7 Å². The lowest BCUT2D eigenvalue weighted by molar-refractivity contribution is 0.182. The highest BCUT2D eigenvalue weighted by atomic mass is 79.9. The highest BCUT2D eigenvalue weighted by molar-refractivity contribution is 9.10. The minimum absolute atomic E-state index is 0.346. The summed E-state index contributed by atoms with van der Waals surface area (Å²) in [6.07, 6.45) is 0. The number of anilines is 1. The monoisotopic (exact) mass is 358 g/mol. The predicted molar refractivity (Wildman–Crippen MR) is 92.1 cm³/mol. The van der Waals surface area contributed by atoms with E-state index in [1.54, 1.807) is 14.2 Å². The Hall–Kier alpha value is -0.620. The van der Waals surface area contributed by atoms with Gasteiger partial charge in [0, 0.05) is 50.1 Å². The Kier molecular flexibility index (Phi) is 8.92. The van der Waals surface area contributed by atoms with Crippen molar-refractivity contribution >= 4 is 21.6 Å². The third kappa shape index (κ3) is 5.94. The fraction of sp³-hybridized carbons (Fsp3) is 0.625. The average molecular weight is 359 g/mol. The van der Waals surface area contributed by atoms with Gasteiger partial charge in [-0.25, -0.2) is 0 Å². The van der Waals surface area contributed by atoms with E-state index in [1.165, 1.54) is 11.3 Å². The molecule has 5 heteroatoms. The first-order valence-electron chi connectivity index (χ1n) is 7.37. The number of nitrogens with zero attached hydrogens (tertiary/aromatic N) is 1. The second kappa shape index (κ2) is 10.2. The number of nitrogens with one attached hydrogen (secondary N) is 1. The van der Waals surface area contributed by atoms with E-state index in [0.29, 0.717) is 6.04 Å². The lowest BCUT2D eigenvalue weighted by atomic mass is 10.1. The van der Waals surface area contributed by atoms with Crippen molar-refractivity contribution in [2.24, 2.45) is 0 Å². The van der Waals surface area contributed by atoms with Gasteiger partial charge in [0.15, 0.2) is 0 Å². The predicted octanol–water partition coefficient (Wildman–Crippen LogP) is 3.05. The Morgan fingerprint density at radius 3 is 2.67 bits per heavy atom. The molecule has 1 rings (SSSR count). The van der Waals surface area contributed by atoms with E-state index in [1.807, 2.05) is 0 Å². The van der Waals surface area contributed by atoms with Crippen LogP contribution in [0.3, 0.4) is 0 Å². The minimum atomic E-state index is 0.346. The highest BCUT2D eigenvalue weighted by Crippen LogP contribution is 2.26. The van der Waals surface area contributed by atoms with Crippen molar-refractivity contribution in [3.05, 3.63) is 28.2 Å². The van der Waals surface area contributed by atoms with Crippen LogP contribution in [0.5, 0.6) is 0 Å². The highest BCUT2D eigenvalue weighted by Gasteiger charge is 2.16. The van der Waals surface area contributed by atoms with E-state index in [0.717, 1.165) is 37.3 Å². The van der Waals surface area contributed by atoms with Gasteiger partial charge in [-0.2, -0.15) is 0 Å². The molecule has 1 unspecified atom stereocenters. The number of rotatable bonds is 10. The largest absolute Gasteiger partial charge is 0.383 e. The molecule has 1 N–H and O–H groups in total. The molecule has 0 spiro atoms. The zero-order valence-electron chi connectivity index (χ0n) is 13.5. The molecule has 0 aliphatic heterocycles. The first-order valence-corrected chi connectivity index (χ1v) is 8.17. The van der Waals surface area contributed by atoms with E-state index in [-0.39, 0.29) is 0 Å². The van der Waals surface area contributed by atoms with Gasteiger partial charge in [-0.3, -0.25) is 0 Å². The molecule has 0 fully saturated rings. The van der Waals surface area contributed by atoms with Crippen LogP contribution in [-0.4, -0.2) is 46.6 Å². The number of hydrogen-bond donors (Lipinski definition) is 1. The molecule has 1 aromatic carbocycles. The number of halogens is 1. The van der Waals surface area contributed by atoms with Crippen LogP contribution in [0.25, 0.3) is 0 Å². The number of likely N-dealkylation sites (N-methyl/N-ethyl adjacent to an activating group) is 1. The number of hydrogen-bond acceptors (Lipinski definition) is 4. The molecule has 0 saturated heterocycles. The van der Waals surface area contributed by atoms with Crippen LogP contribution in [0.2, 0.25) is 0 Å². The molecule has 0 aliphatic carbocycles. The van der Waals surface area contributed by atoms with Crippen LogP contribution in [0.15, 0.2) is 22.7 Å². The zero-order chi connectivity index (χ0) is 15.7. The Morgan fingerprint density at radius 2 is 2.05 bits per heavy atom. The van der Waals surface area contributed by atoms with Crippen molar-refractivity contribution in [2.45, 2.75) is 26.4 Å². The normalized spacial score (nSPS) is 12.4. The quantitative estimate of drug-likeness (QED) is 0.651. The fourth-order valence-corrected chi connectivity index (χ4v) is 2.83. The van der Waals surface area contributed by atoms with E-state index >= 15 is 0 Å². The van der Waals surface area contributed by atoms with E-state index in [4.69, 9.17) is 9.47 Å². The number of ether oxygens (including phenoxy) is 2. The van der Waals surface area contributed by atoms with Gasteiger partial charge in [0.1, 0.15) is 0 Å². The van der Waals surface area contributed by atoms with Crippen LogP contribution in [0.1, 0.15) is 19.4 Å². The van der Waals surface area contributed by atoms with Crippen molar-refractivity contribution in [3.63, 3.8) is 0 Å². The van der Waals surface area contributed by atoms with Crippen molar-refractivity contribution in [1.82, 2.24) is 5.32 Å².